The van der Waals surface area contributed by atoms with Crippen LogP contribution in [0.1, 0.15) is 24.2 Å². The summed E-state index contributed by atoms with van der Waals surface area (Å²) in [6, 6.07) is 10.7. The summed E-state index contributed by atoms with van der Waals surface area (Å²) >= 11 is 0. The zero-order valence-corrected chi connectivity index (χ0v) is 13.9. The molecule has 0 aliphatic rings. The predicted molar refractivity (Wildman–Crippen MR) is 90.6 cm³/mol. The van der Waals surface area contributed by atoms with Gasteiger partial charge in [0, 0.05) is 12.1 Å². The molecule has 0 spiro atoms. The van der Waals surface area contributed by atoms with Crippen LogP contribution in [0.25, 0.3) is 0 Å². The number of ether oxygens (including phenoxy) is 1. The summed E-state index contributed by atoms with van der Waals surface area (Å²) < 4.78 is 9.93. The number of furan rings is 1. The van der Waals surface area contributed by atoms with E-state index in [1.165, 1.54) is 6.26 Å². The van der Waals surface area contributed by atoms with Crippen LogP contribution < -0.4 is 10.6 Å². The van der Waals surface area contributed by atoms with Crippen LogP contribution in [-0.2, 0) is 25.7 Å². The molecule has 7 heteroatoms. The summed E-state index contributed by atoms with van der Waals surface area (Å²) in [6.07, 6.45) is 1.40. The van der Waals surface area contributed by atoms with Gasteiger partial charge in [0.25, 0.3) is 5.91 Å². The van der Waals surface area contributed by atoms with E-state index in [4.69, 9.17) is 9.15 Å². The van der Waals surface area contributed by atoms with Crippen LogP contribution >= 0.6 is 0 Å². The molecular formula is C18H20N2O5. The summed E-state index contributed by atoms with van der Waals surface area (Å²) in [4.78, 5) is 34.9. The molecule has 2 aromatic rings. The van der Waals surface area contributed by atoms with Crippen LogP contribution in [0.3, 0.4) is 0 Å². The van der Waals surface area contributed by atoms with E-state index in [-0.39, 0.29) is 31.9 Å². The Kier molecular flexibility index (Phi) is 6.76. The van der Waals surface area contributed by atoms with Gasteiger partial charge in [0.1, 0.15) is 5.76 Å². The van der Waals surface area contributed by atoms with Gasteiger partial charge in [-0.1, -0.05) is 17.7 Å². The fourth-order valence-corrected chi connectivity index (χ4v) is 1.96. The summed E-state index contributed by atoms with van der Waals surface area (Å²) in [7, 11) is 0. The normalized spacial score (nSPS) is 10.1. The van der Waals surface area contributed by atoms with Gasteiger partial charge in [0.05, 0.1) is 19.2 Å². The number of carbonyl (C=O) groups is 3. The van der Waals surface area contributed by atoms with Gasteiger partial charge >= 0.3 is 5.97 Å². The van der Waals surface area contributed by atoms with Crippen LogP contribution in [-0.4, -0.2) is 24.4 Å². The SMILES string of the molecule is Cc1ccc(NC(=O)COC(=O)CCC(=O)NCc2ccco2)cc1. The molecule has 7 nitrogen and oxygen atoms in total. The van der Waals surface area contributed by atoms with Gasteiger partial charge in [-0.15, -0.1) is 0 Å². The minimum absolute atomic E-state index is 0.0148. The lowest BCUT2D eigenvalue weighted by Gasteiger charge is -2.07. The maximum atomic E-state index is 11.7. The van der Waals surface area contributed by atoms with E-state index < -0.39 is 11.9 Å². The van der Waals surface area contributed by atoms with E-state index in [1.807, 2.05) is 19.1 Å². The van der Waals surface area contributed by atoms with Crippen LogP contribution in [0.15, 0.2) is 47.1 Å². The molecule has 0 bridgehead atoms. The summed E-state index contributed by atoms with van der Waals surface area (Å²) in [5.74, 6) is -0.701. The zero-order valence-electron chi connectivity index (χ0n) is 13.9. The first-order valence-electron chi connectivity index (χ1n) is 7.84. The number of nitrogens with one attached hydrogen (secondary N) is 2. The Hall–Kier alpha value is -3.09. The van der Waals surface area contributed by atoms with E-state index in [9.17, 15) is 14.4 Å². The molecule has 0 saturated heterocycles. The van der Waals surface area contributed by atoms with E-state index in [2.05, 4.69) is 10.6 Å². The smallest absolute Gasteiger partial charge is 0.306 e. The van der Waals surface area contributed by atoms with Gasteiger partial charge in [0.2, 0.25) is 5.91 Å². The lowest BCUT2D eigenvalue weighted by molar-refractivity contribution is -0.148. The van der Waals surface area contributed by atoms with Crippen molar-refractivity contribution in [3.05, 3.63) is 54.0 Å². The number of carbonyl (C=O) groups excluding carboxylic acids is 3. The molecule has 0 aliphatic heterocycles. The van der Waals surface area contributed by atoms with Crippen LogP contribution in [0.5, 0.6) is 0 Å². The highest BCUT2D eigenvalue weighted by atomic mass is 16.5. The second-order valence-corrected chi connectivity index (χ2v) is 5.43. The third kappa shape index (κ3) is 6.90. The van der Waals surface area contributed by atoms with Gasteiger partial charge in [-0.3, -0.25) is 14.4 Å². The van der Waals surface area contributed by atoms with Crippen LogP contribution in [0.2, 0.25) is 0 Å². The molecule has 0 atom stereocenters. The number of anilines is 1. The third-order valence-electron chi connectivity index (χ3n) is 3.30. The van der Waals surface area contributed by atoms with Crippen molar-refractivity contribution in [3.63, 3.8) is 0 Å². The van der Waals surface area contributed by atoms with Gasteiger partial charge in [-0.25, -0.2) is 0 Å². The summed E-state index contributed by atoms with van der Waals surface area (Å²) in [5, 5.41) is 5.24. The molecule has 0 fully saturated rings. The molecule has 2 N–H and O–H groups in total. The minimum atomic E-state index is -0.604. The topological polar surface area (TPSA) is 97.6 Å². The van der Waals surface area contributed by atoms with Crippen LogP contribution in [0, 0.1) is 6.92 Å². The van der Waals surface area contributed by atoms with Crippen molar-refractivity contribution < 1.29 is 23.5 Å². The van der Waals surface area contributed by atoms with Crippen molar-refractivity contribution in [2.24, 2.45) is 0 Å². The lowest BCUT2D eigenvalue weighted by atomic mass is 10.2. The second-order valence-electron chi connectivity index (χ2n) is 5.43. The molecule has 1 aromatic heterocycles. The van der Waals surface area contributed by atoms with Crippen molar-refractivity contribution in [3.8, 4) is 0 Å². The fourth-order valence-electron chi connectivity index (χ4n) is 1.96. The highest BCUT2D eigenvalue weighted by molar-refractivity contribution is 5.93. The largest absolute Gasteiger partial charge is 0.467 e. The van der Waals surface area contributed by atoms with Crippen molar-refractivity contribution in [2.75, 3.05) is 11.9 Å². The molecule has 0 radical (unpaired) electrons. The number of rotatable bonds is 8. The number of hydrogen-bond acceptors (Lipinski definition) is 5. The number of amides is 2. The average molecular weight is 344 g/mol. The van der Waals surface area contributed by atoms with Crippen molar-refractivity contribution in [2.45, 2.75) is 26.3 Å². The van der Waals surface area contributed by atoms with Gasteiger partial charge in [0.15, 0.2) is 6.61 Å². The van der Waals surface area contributed by atoms with E-state index in [1.54, 1.807) is 24.3 Å². The Morgan fingerprint density at radius 1 is 1.04 bits per heavy atom. The monoisotopic (exact) mass is 344 g/mol. The quantitative estimate of drug-likeness (QED) is 0.715. The second kappa shape index (κ2) is 9.27. The Balaban J connectivity index is 1.60. The van der Waals surface area contributed by atoms with Crippen LogP contribution in [0.4, 0.5) is 5.69 Å². The highest BCUT2D eigenvalue weighted by Gasteiger charge is 2.11. The van der Waals surface area contributed by atoms with E-state index in [0.29, 0.717) is 11.4 Å². The molecule has 1 heterocycles. The maximum absolute atomic E-state index is 11.7. The average Bonchev–Trinajstić information content (AvgIpc) is 3.12. The third-order valence-corrected chi connectivity index (χ3v) is 3.30. The molecular weight excluding hydrogens is 324 g/mol. The first-order chi connectivity index (χ1) is 12.0. The fraction of sp³-hybridized carbons (Fsp3) is 0.278. The Morgan fingerprint density at radius 3 is 2.48 bits per heavy atom. The zero-order chi connectivity index (χ0) is 18.1. The van der Waals surface area contributed by atoms with E-state index >= 15 is 0 Å². The minimum Gasteiger partial charge on any atom is -0.467 e. The number of aryl methyl sites for hydroxylation is 1. The summed E-state index contributed by atoms with van der Waals surface area (Å²) in [6.45, 7) is 1.82. The first-order valence-corrected chi connectivity index (χ1v) is 7.84. The lowest BCUT2D eigenvalue weighted by Crippen LogP contribution is -2.24. The molecule has 0 unspecified atom stereocenters. The number of benzene rings is 1. The van der Waals surface area contributed by atoms with E-state index in [0.717, 1.165) is 5.56 Å². The Morgan fingerprint density at radius 2 is 1.80 bits per heavy atom. The van der Waals surface area contributed by atoms with Gasteiger partial charge in [-0.2, -0.15) is 0 Å². The van der Waals surface area contributed by atoms with Gasteiger partial charge in [-0.05, 0) is 31.2 Å². The number of hydrogen-bond donors (Lipinski definition) is 2. The van der Waals surface area contributed by atoms with Crippen molar-refractivity contribution in [1.82, 2.24) is 5.32 Å². The highest BCUT2D eigenvalue weighted by Crippen LogP contribution is 2.08. The Bertz CT molecular complexity index is 708. The molecule has 132 valence electrons. The molecule has 1 aromatic carbocycles. The maximum Gasteiger partial charge on any atom is 0.306 e. The molecule has 0 aliphatic carbocycles. The summed E-state index contributed by atoms with van der Waals surface area (Å²) in [5.41, 5.74) is 1.71. The standard InChI is InChI=1S/C18H20N2O5/c1-13-4-6-14(7-5-13)20-17(22)12-25-18(23)9-8-16(21)19-11-15-3-2-10-24-15/h2-7,10H,8-9,11-12H2,1H3,(H,19,21)(H,20,22). The molecule has 2 amide bonds. The Labute approximate surface area is 145 Å². The predicted octanol–water partition coefficient (Wildman–Crippen LogP) is 2.17. The molecule has 2 rings (SSSR count). The van der Waals surface area contributed by atoms with Gasteiger partial charge < -0.3 is 19.8 Å². The van der Waals surface area contributed by atoms with Crippen molar-refractivity contribution >= 4 is 23.5 Å². The number of esters is 1. The molecule has 0 saturated carbocycles. The van der Waals surface area contributed by atoms with Crippen molar-refractivity contribution in [1.29, 1.82) is 0 Å². The molecule has 25 heavy (non-hydrogen) atoms. The first kappa shape index (κ1) is 18.3.